The molecule has 0 saturated carbocycles. The van der Waals surface area contributed by atoms with E-state index in [1.807, 2.05) is 13.8 Å². The number of carboxylic acid groups (broad SMARTS) is 1. The van der Waals surface area contributed by atoms with Crippen molar-refractivity contribution in [2.75, 3.05) is 11.9 Å². The van der Waals surface area contributed by atoms with E-state index in [0.29, 0.717) is 24.7 Å². The van der Waals surface area contributed by atoms with Gasteiger partial charge in [0.05, 0.1) is 0 Å². The molecule has 0 aliphatic heterocycles. The SMILES string of the molecule is CC(C)NCCC(=O)Nc1ccc(/C=C/C(=O)O)cc1. The normalized spacial score (nSPS) is 10.9. The van der Waals surface area contributed by atoms with Crippen molar-refractivity contribution in [3.8, 4) is 0 Å². The Hall–Kier alpha value is -2.14. The molecule has 3 N–H and O–H groups in total. The van der Waals surface area contributed by atoms with Gasteiger partial charge in [0.15, 0.2) is 0 Å². The summed E-state index contributed by atoms with van der Waals surface area (Å²) in [5.74, 6) is -1.04. The average molecular weight is 276 g/mol. The molecule has 0 radical (unpaired) electrons. The van der Waals surface area contributed by atoms with E-state index in [0.717, 1.165) is 11.6 Å². The summed E-state index contributed by atoms with van der Waals surface area (Å²) < 4.78 is 0. The summed E-state index contributed by atoms with van der Waals surface area (Å²) in [6.45, 7) is 4.70. The Kier molecular flexibility index (Phi) is 6.46. The van der Waals surface area contributed by atoms with Gasteiger partial charge in [0.25, 0.3) is 0 Å². The van der Waals surface area contributed by atoms with Gasteiger partial charge in [-0.25, -0.2) is 4.79 Å². The van der Waals surface area contributed by atoms with Gasteiger partial charge < -0.3 is 15.7 Å². The molecule has 1 aromatic carbocycles. The number of carbonyl (C=O) groups excluding carboxylic acids is 1. The number of nitrogens with one attached hydrogen (secondary N) is 2. The van der Waals surface area contributed by atoms with Crippen molar-refractivity contribution in [2.24, 2.45) is 0 Å². The van der Waals surface area contributed by atoms with E-state index in [1.54, 1.807) is 24.3 Å². The van der Waals surface area contributed by atoms with Crippen LogP contribution in [0.25, 0.3) is 6.08 Å². The third kappa shape index (κ3) is 6.70. The van der Waals surface area contributed by atoms with Crippen LogP contribution in [0, 0.1) is 0 Å². The zero-order valence-electron chi connectivity index (χ0n) is 11.7. The standard InChI is InChI=1S/C15H20N2O3/c1-11(2)16-10-9-14(18)17-13-6-3-12(4-7-13)5-8-15(19)20/h3-8,11,16H,9-10H2,1-2H3,(H,17,18)(H,19,20)/b8-5+. The van der Waals surface area contributed by atoms with Crippen molar-refractivity contribution in [2.45, 2.75) is 26.3 Å². The van der Waals surface area contributed by atoms with E-state index in [4.69, 9.17) is 5.11 Å². The summed E-state index contributed by atoms with van der Waals surface area (Å²) in [4.78, 5) is 22.0. The van der Waals surface area contributed by atoms with Crippen molar-refractivity contribution < 1.29 is 14.7 Å². The Bertz CT molecular complexity index is 478. The third-order valence-corrected chi connectivity index (χ3v) is 2.52. The highest BCUT2D eigenvalue weighted by Gasteiger charge is 2.02. The number of benzene rings is 1. The fourth-order valence-corrected chi connectivity index (χ4v) is 1.54. The Morgan fingerprint density at radius 3 is 2.45 bits per heavy atom. The number of hydrogen-bond donors (Lipinski definition) is 3. The fourth-order valence-electron chi connectivity index (χ4n) is 1.54. The molecule has 108 valence electrons. The molecular weight excluding hydrogens is 256 g/mol. The minimum absolute atomic E-state index is 0.0491. The molecule has 0 aliphatic rings. The lowest BCUT2D eigenvalue weighted by Gasteiger charge is -2.08. The Morgan fingerprint density at radius 2 is 1.90 bits per heavy atom. The molecule has 0 atom stereocenters. The zero-order chi connectivity index (χ0) is 15.0. The molecule has 0 bridgehead atoms. The zero-order valence-corrected chi connectivity index (χ0v) is 11.7. The minimum atomic E-state index is -0.986. The van der Waals surface area contributed by atoms with Crippen molar-refractivity contribution >= 4 is 23.6 Å². The second-order valence-electron chi connectivity index (χ2n) is 4.70. The highest BCUT2D eigenvalue weighted by Crippen LogP contribution is 2.11. The molecule has 5 heteroatoms. The number of carbonyl (C=O) groups is 2. The molecule has 0 saturated heterocycles. The van der Waals surface area contributed by atoms with Gasteiger partial charge in [0.1, 0.15) is 0 Å². The summed E-state index contributed by atoms with van der Waals surface area (Å²) in [6.07, 6.45) is 2.99. The minimum Gasteiger partial charge on any atom is -0.478 e. The molecule has 0 unspecified atom stereocenters. The summed E-state index contributed by atoms with van der Waals surface area (Å²) in [7, 11) is 0. The summed E-state index contributed by atoms with van der Waals surface area (Å²) in [5.41, 5.74) is 1.47. The van der Waals surface area contributed by atoms with Crippen LogP contribution in [-0.4, -0.2) is 29.6 Å². The fraction of sp³-hybridized carbons (Fsp3) is 0.333. The average Bonchev–Trinajstić information content (AvgIpc) is 2.37. The molecular formula is C15H20N2O3. The second kappa shape index (κ2) is 8.12. The van der Waals surface area contributed by atoms with Crippen LogP contribution >= 0.6 is 0 Å². The smallest absolute Gasteiger partial charge is 0.328 e. The van der Waals surface area contributed by atoms with E-state index in [9.17, 15) is 9.59 Å². The lowest BCUT2D eigenvalue weighted by molar-refractivity contribution is -0.131. The quantitative estimate of drug-likeness (QED) is 0.666. The van der Waals surface area contributed by atoms with Crippen molar-refractivity contribution in [1.82, 2.24) is 5.32 Å². The number of amides is 1. The first-order valence-corrected chi connectivity index (χ1v) is 6.51. The highest BCUT2D eigenvalue weighted by molar-refractivity contribution is 5.91. The molecule has 1 aromatic rings. The maximum Gasteiger partial charge on any atom is 0.328 e. The first-order chi connectivity index (χ1) is 9.47. The van der Waals surface area contributed by atoms with Crippen LogP contribution in [0.15, 0.2) is 30.3 Å². The largest absolute Gasteiger partial charge is 0.478 e. The maximum absolute atomic E-state index is 11.7. The Morgan fingerprint density at radius 1 is 1.25 bits per heavy atom. The predicted octanol–water partition coefficient (Wildman–Crippen LogP) is 2.11. The maximum atomic E-state index is 11.7. The molecule has 20 heavy (non-hydrogen) atoms. The van der Waals surface area contributed by atoms with Crippen LogP contribution in [0.5, 0.6) is 0 Å². The molecule has 5 nitrogen and oxygen atoms in total. The Balaban J connectivity index is 2.44. The number of hydrogen-bond acceptors (Lipinski definition) is 3. The van der Waals surface area contributed by atoms with Gasteiger partial charge in [-0.3, -0.25) is 4.79 Å². The lowest BCUT2D eigenvalue weighted by Crippen LogP contribution is -2.27. The highest BCUT2D eigenvalue weighted by atomic mass is 16.4. The summed E-state index contributed by atoms with van der Waals surface area (Å²) >= 11 is 0. The van der Waals surface area contributed by atoms with E-state index >= 15 is 0 Å². The van der Waals surface area contributed by atoms with Crippen LogP contribution in [0.1, 0.15) is 25.8 Å². The molecule has 0 fully saturated rings. The number of rotatable bonds is 7. The van der Waals surface area contributed by atoms with Crippen molar-refractivity contribution in [3.63, 3.8) is 0 Å². The number of anilines is 1. The first-order valence-electron chi connectivity index (χ1n) is 6.51. The third-order valence-electron chi connectivity index (χ3n) is 2.52. The van der Waals surface area contributed by atoms with Gasteiger partial charge in [-0.05, 0) is 23.8 Å². The van der Waals surface area contributed by atoms with Gasteiger partial charge >= 0.3 is 5.97 Å². The summed E-state index contributed by atoms with van der Waals surface area (Å²) in [6, 6.07) is 7.36. The van der Waals surface area contributed by atoms with Gasteiger partial charge in [0, 0.05) is 30.8 Å². The van der Waals surface area contributed by atoms with Crippen LogP contribution in [0.3, 0.4) is 0 Å². The van der Waals surface area contributed by atoms with Crippen molar-refractivity contribution in [1.29, 1.82) is 0 Å². The lowest BCUT2D eigenvalue weighted by atomic mass is 10.2. The van der Waals surface area contributed by atoms with Gasteiger partial charge in [0.2, 0.25) is 5.91 Å². The van der Waals surface area contributed by atoms with E-state index in [1.165, 1.54) is 6.08 Å². The van der Waals surface area contributed by atoms with Crippen molar-refractivity contribution in [3.05, 3.63) is 35.9 Å². The number of aliphatic carboxylic acids is 1. The summed E-state index contributed by atoms with van der Waals surface area (Å²) in [5, 5.41) is 14.5. The van der Waals surface area contributed by atoms with Crippen LogP contribution in [-0.2, 0) is 9.59 Å². The topological polar surface area (TPSA) is 78.4 Å². The molecule has 0 aliphatic carbocycles. The van der Waals surface area contributed by atoms with Gasteiger partial charge in [-0.15, -0.1) is 0 Å². The van der Waals surface area contributed by atoms with E-state index in [2.05, 4.69) is 10.6 Å². The van der Waals surface area contributed by atoms with E-state index in [-0.39, 0.29) is 5.91 Å². The number of carboxylic acids is 1. The first kappa shape index (κ1) is 15.9. The van der Waals surface area contributed by atoms with Gasteiger partial charge in [-0.2, -0.15) is 0 Å². The molecule has 0 spiro atoms. The van der Waals surface area contributed by atoms with E-state index < -0.39 is 5.97 Å². The van der Waals surface area contributed by atoms with Crippen LogP contribution < -0.4 is 10.6 Å². The molecule has 1 rings (SSSR count). The molecule has 0 heterocycles. The second-order valence-corrected chi connectivity index (χ2v) is 4.70. The van der Waals surface area contributed by atoms with Crippen LogP contribution in [0.4, 0.5) is 5.69 Å². The van der Waals surface area contributed by atoms with Gasteiger partial charge in [-0.1, -0.05) is 26.0 Å². The Labute approximate surface area is 118 Å². The molecule has 1 amide bonds. The monoisotopic (exact) mass is 276 g/mol. The molecule has 0 aromatic heterocycles. The van der Waals surface area contributed by atoms with Crippen LogP contribution in [0.2, 0.25) is 0 Å². The predicted molar refractivity (Wildman–Crippen MR) is 79.5 cm³/mol.